The summed E-state index contributed by atoms with van der Waals surface area (Å²) in [5, 5.41) is 6.59. The van der Waals surface area contributed by atoms with Crippen LogP contribution in [0.15, 0.2) is 23.2 Å². The van der Waals surface area contributed by atoms with Gasteiger partial charge in [0.2, 0.25) is 0 Å². The zero-order valence-electron chi connectivity index (χ0n) is 14.5. The van der Waals surface area contributed by atoms with Crippen LogP contribution in [0.25, 0.3) is 0 Å². The average Bonchev–Trinajstić information content (AvgIpc) is 3.38. The minimum absolute atomic E-state index is 0.652. The SMILES string of the molecule is CN=C(NCCCOCC1CC1)NCc1cccc(N(C)C)n1. The molecule has 0 amide bonds. The fourth-order valence-corrected chi connectivity index (χ4v) is 2.12. The van der Waals surface area contributed by atoms with E-state index in [1.807, 2.05) is 37.2 Å². The van der Waals surface area contributed by atoms with Crippen molar-refractivity contribution in [3.8, 4) is 0 Å². The van der Waals surface area contributed by atoms with Gasteiger partial charge in [-0.1, -0.05) is 6.07 Å². The standard InChI is InChI=1S/C17H29N5O/c1-18-17(19-10-5-11-23-13-14-8-9-14)20-12-15-6-4-7-16(21-15)22(2)3/h4,6-7,14H,5,8-13H2,1-3H3,(H2,18,19,20). The van der Waals surface area contributed by atoms with Crippen LogP contribution in [-0.4, -0.2) is 51.8 Å². The molecule has 1 fully saturated rings. The van der Waals surface area contributed by atoms with Gasteiger partial charge in [0.25, 0.3) is 0 Å². The molecule has 0 radical (unpaired) electrons. The molecule has 0 aromatic carbocycles. The number of hydrogen-bond acceptors (Lipinski definition) is 4. The van der Waals surface area contributed by atoms with Gasteiger partial charge in [0, 0.05) is 40.9 Å². The van der Waals surface area contributed by atoms with Crippen LogP contribution in [0.4, 0.5) is 5.82 Å². The van der Waals surface area contributed by atoms with Gasteiger partial charge in [-0.2, -0.15) is 0 Å². The molecule has 128 valence electrons. The summed E-state index contributed by atoms with van der Waals surface area (Å²) in [6.45, 7) is 3.25. The Morgan fingerprint density at radius 3 is 2.87 bits per heavy atom. The van der Waals surface area contributed by atoms with Crippen molar-refractivity contribution in [2.75, 3.05) is 45.8 Å². The highest BCUT2D eigenvalue weighted by Crippen LogP contribution is 2.28. The van der Waals surface area contributed by atoms with E-state index in [0.29, 0.717) is 6.54 Å². The monoisotopic (exact) mass is 319 g/mol. The summed E-state index contributed by atoms with van der Waals surface area (Å²) in [6, 6.07) is 6.03. The van der Waals surface area contributed by atoms with Gasteiger partial charge in [-0.15, -0.1) is 0 Å². The molecule has 0 unspecified atom stereocenters. The van der Waals surface area contributed by atoms with Crippen LogP contribution in [0.3, 0.4) is 0 Å². The lowest BCUT2D eigenvalue weighted by Crippen LogP contribution is -2.37. The lowest BCUT2D eigenvalue weighted by Gasteiger charge is -2.14. The predicted molar refractivity (Wildman–Crippen MR) is 94.9 cm³/mol. The van der Waals surface area contributed by atoms with Crippen molar-refractivity contribution in [2.45, 2.75) is 25.8 Å². The highest BCUT2D eigenvalue weighted by atomic mass is 16.5. The molecule has 2 N–H and O–H groups in total. The lowest BCUT2D eigenvalue weighted by atomic mass is 10.3. The number of hydrogen-bond donors (Lipinski definition) is 2. The third kappa shape index (κ3) is 6.86. The molecule has 23 heavy (non-hydrogen) atoms. The van der Waals surface area contributed by atoms with E-state index in [1.54, 1.807) is 7.05 Å². The second-order valence-corrected chi connectivity index (χ2v) is 6.11. The fraction of sp³-hybridized carbons (Fsp3) is 0.647. The number of guanidine groups is 1. The minimum atomic E-state index is 0.652. The molecule has 6 heteroatoms. The molecule has 1 aliphatic rings. The second-order valence-electron chi connectivity index (χ2n) is 6.11. The largest absolute Gasteiger partial charge is 0.381 e. The summed E-state index contributed by atoms with van der Waals surface area (Å²) in [5.41, 5.74) is 0.993. The second kappa shape index (κ2) is 9.35. The van der Waals surface area contributed by atoms with Crippen molar-refractivity contribution >= 4 is 11.8 Å². The highest BCUT2D eigenvalue weighted by molar-refractivity contribution is 5.79. The number of rotatable bonds is 9. The van der Waals surface area contributed by atoms with Gasteiger partial charge < -0.3 is 20.3 Å². The molecule has 1 saturated carbocycles. The molecule has 1 aromatic heterocycles. The van der Waals surface area contributed by atoms with Gasteiger partial charge in [-0.3, -0.25) is 4.99 Å². The molecule has 1 aliphatic carbocycles. The number of nitrogens with zero attached hydrogens (tertiary/aromatic N) is 3. The zero-order chi connectivity index (χ0) is 16.5. The van der Waals surface area contributed by atoms with Crippen LogP contribution in [0.2, 0.25) is 0 Å². The molecule has 0 bridgehead atoms. The molecule has 0 saturated heterocycles. The summed E-state index contributed by atoms with van der Waals surface area (Å²) in [6.07, 6.45) is 3.68. The smallest absolute Gasteiger partial charge is 0.191 e. The highest BCUT2D eigenvalue weighted by Gasteiger charge is 2.20. The number of anilines is 1. The van der Waals surface area contributed by atoms with Crippen molar-refractivity contribution in [1.82, 2.24) is 15.6 Å². The maximum Gasteiger partial charge on any atom is 0.191 e. The molecule has 1 aromatic rings. The Morgan fingerprint density at radius 2 is 2.17 bits per heavy atom. The molecular weight excluding hydrogens is 290 g/mol. The van der Waals surface area contributed by atoms with Crippen LogP contribution >= 0.6 is 0 Å². The maximum absolute atomic E-state index is 5.62. The van der Waals surface area contributed by atoms with Crippen molar-refractivity contribution < 1.29 is 4.74 Å². The third-order valence-corrected chi connectivity index (χ3v) is 3.72. The molecular formula is C17H29N5O. The normalized spacial score (nSPS) is 14.7. The Bertz CT molecular complexity index is 500. The molecule has 0 aliphatic heterocycles. The molecule has 6 nitrogen and oxygen atoms in total. The average molecular weight is 319 g/mol. The van der Waals surface area contributed by atoms with E-state index in [9.17, 15) is 0 Å². The van der Waals surface area contributed by atoms with E-state index in [-0.39, 0.29) is 0 Å². The van der Waals surface area contributed by atoms with E-state index in [1.165, 1.54) is 12.8 Å². The Labute approximate surface area is 139 Å². The Morgan fingerprint density at radius 1 is 1.35 bits per heavy atom. The molecule has 1 heterocycles. The van der Waals surface area contributed by atoms with Crippen LogP contribution in [0, 0.1) is 5.92 Å². The first-order valence-corrected chi connectivity index (χ1v) is 8.34. The summed E-state index contributed by atoms with van der Waals surface area (Å²) in [5.74, 6) is 2.59. The van der Waals surface area contributed by atoms with E-state index in [4.69, 9.17) is 4.74 Å². The van der Waals surface area contributed by atoms with Crippen molar-refractivity contribution in [2.24, 2.45) is 10.9 Å². The number of nitrogens with one attached hydrogen (secondary N) is 2. The van der Waals surface area contributed by atoms with Gasteiger partial charge in [0.05, 0.1) is 12.2 Å². The van der Waals surface area contributed by atoms with Gasteiger partial charge in [0.15, 0.2) is 5.96 Å². The Hall–Kier alpha value is -1.82. The first-order chi connectivity index (χ1) is 11.2. The summed E-state index contributed by atoms with van der Waals surface area (Å²) >= 11 is 0. The van der Waals surface area contributed by atoms with Crippen LogP contribution < -0.4 is 15.5 Å². The minimum Gasteiger partial charge on any atom is -0.381 e. The number of aliphatic imine (C=N–C) groups is 1. The third-order valence-electron chi connectivity index (χ3n) is 3.72. The van der Waals surface area contributed by atoms with Crippen molar-refractivity contribution in [1.29, 1.82) is 0 Å². The lowest BCUT2D eigenvalue weighted by molar-refractivity contribution is 0.123. The van der Waals surface area contributed by atoms with E-state index >= 15 is 0 Å². The van der Waals surface area contributed by atoms with Crippen LogP contribution in [0.5, 0.6) is 0 Å². The van der Waals surface area contributed by atoms with Gasteiger partial charge in [-0.25, -0.2) is 4.98 Å². The molecule has 0 atom stereocenters. The number of aromatic nitrogens is 1. The quantitative estimate of drug-likeness (QED) is 0.411. The van der Waals surface area contributed by atoms with E-state index in [2.05, 4.69) is 20.6 Å². The fourth-order valence-electron chi connectivity index (χ4n) is 2.12. The van der Waals surface area contributed by atoms with Gasteiger partial charge >= 0.3 is 0 Å². The van der Waals surface area contributed by atoms with Gasteiger partial charge in [-0.05, 0) is 37.3 Å². The Kier molecular flexibility index (Phi) is 7.13. The van der Waals surface area contributed by atoms with Crippen LogP contribution in [0.1, 0.15) is 25.0 Å². The van der Waals surface area contributed by atoms with Gasteiger partial charge in [0.1, 0.15) is 5.82 Å². The number of pyridine rings is 1. The van der Waals surface area contributed by atoms with E-state index < -0.39 is 0 Å². The first-order valence-electron chi connectivity index (χ1n) is 8.34. The summed E-state index contributed by atoms with van der Waals surface area (Å²) < 4.78 is 5.62. The maximum atomic E-state index is 5.62. The Balaban J connectivity index is 1.63. The van der Waals surface area contributed by atoms with Crippen LogP contribution in [-0.2, 0) is 11.3 Å². The zero-order valence-corrected chi connectivity index (χ0v) is 14.5. The summed E-state index contributed by atoms with van der Waals surface area (Å²) in [4.78, 5) is 10.8. The molecule has 0 spiro atoms. The first kappa shape index (κ1) is 17.5. The van der Waals surface area contributed by atoms with E-state index in [0.717, 1.165) is 49.6 Å². The predicted octanol–water partition coefficient (Wildman–Crippen LogP) is 1.63. The van der Waals surface area contributed by atoms with Crippen molar-refractivity contribution in [3.05, 3.63) is 23.9 Å². The molecule has 2 rings (SSSR count). The number of ether oxygens (including phenoxy) is 1. The van der Waals surface area contributed by atoms with Crippen molar-refractivity contribution in [3.63, 3.8) is 0 Å². The summed E-state index contributed by atoms with van der Waals surface area (Å²) in [7, 11) is 5.76. The topological polar surface area (TPSA) is 61.8 Å².